The highest BCUT2D eigenvalue weighted by molar-refractivity contribution is 6.21. The zero-order chi connectivity index (χ0) is 48.7. The van der Waals surface area contributed by atoms with Gasteiger partial charge in [-0.05, 0) is 112 Å². The van der Waals surface area contributed by atoms with Crippen LogP contribution in [0.25, 0.3) is 50.2 Å². The van der Waals surface area contributed by atoms with Gasteiger partial charge in [0, 0.05) is 47.2 Å². The Morgan fingerprint density at radius 3 is 2.22 bits per heavy atom. The molecule has 0 radical (unpaired) electrons. The second-order valence-corrected chi connectivity index (χ2v) is 15.1. The molecule has 7 heteroatoms. The number of aliphatic imine (C=N–C) groups is 1. The lowest BCUT2D eigenvalue weighted by atomic mass is 10.0. The fraction of sp³-hybridized carbons (Fsp3) is 0.217. The van der Waals surface area contributed by atoms with Crippen LogP contribution >= 0.6 is 0 Å². The van der Waals surface area contributed by atoms with Gasteiger partial charge in [-0.1, -0.05) is 163 Å². The molecule has 2 atom stereocenters. The molecular weight excluding hydrogens is 821 g/mol. The molecule has 346 valence electrons. The standard InChI is InChI=1S/C35H28N4O.C17H22N2.C4H8.2C2H6/c1-4-24-22-38(3)34-27(24)18-19-30-33(34)28-13-6-7-14-29(28)39(30)32-20-21-36-35(37-32)26-12-9-11-25-10-5-8-15-31(25)40-23(2)16-17-26;1-4-8-16(18)13-17(19-3)12-11-14(2)15-9-6-5-7-10-15;1-3-4-2;2*1-2/h4-8,10,12-22H,1-2,9,11H2,3H3;4-14,16H,3,18H2,1-2H3;3-4H,1-2H3;2*1-2H3/b17-16-,26-12+;8-4-,12-11-,17-13?;4-3-;;. The molecule has 0 saturated heterocycles. The summed E-state index contributed by atoms with van der Waals surface area (Å²) in [5.41, 5.74) is 14.6. The lowest BCUT2D eigenvalue weighted by molar-refractivity contribution is 0.441. The molecule has 4 heterocycles. The summed E-state index contributed by atoms with van der Waals surface area (Å²) >= 11 is 0. The lowest BCUT2D eigenvalue weighted by Gasteiger charge is -2.13. The fourth-order valence-electron chi connectivity index (χ4n) is 7.54. The summed E-state index contributed by atoms with van der Waals surface area (Å²) in [6, 6.07) is 33.2. The summed E-state index contributed by atoms with van der Waals surface area (Å²) < 4.78 is 10.5. The lowest BCUT2D eigenvalue weighted by Crippen LogP contribution is -2.13. The first-order chi connectivity index (χ1) is 32.7. The highest BCUT2D eigenvalue weighted by Crippen LogP contribution is 2.38. The zero-order valence-electron chi connectivity index (χ0n) is 41.2. The summed E-state index contributed by atoms with van der Waals surface area (Å²) in [6.07, 6.45) is 27.5. The van der Waals surface area contributed by atoms with E-state index in [-0.39, 0.29) is 6.04 Å². The molecular formula is C60H70N6O. The number of nitrogens with two attached hydrogens (primary N) is 1. The Labute approximate surface area is 400 Å². The van der Waals surface area contributed by atoms with Crippen LogP contribution in [-0.2, 0) is 13.5 Å². The van der Waals surface area contributed by atoms with E-state index in [4.69, 9.17) is 15.5 Å². The van der Waals surface area contributed by atoms with Gasteiger partial charge in [-0.15, -0.1) is 0 Å². The van der Waals surface area contributed by atoms with Gasteiger partial charge in [-0.3, -0.25) is 9.56 Å². The molecule has 7 nitrogen and oxygen atoms in total. The van der Waals surface area contributed by atoms with Gasteiger partial charge in [-0.25, -0.2) is 9.97 Å². The summed E-state index contributed by atoms with van der Waals surface area (Å²) in [5.74, 6) is 3.25. The maximum absolute atomic E-state index is 6.03. The van der Waals surface area contributed by atoms with Gasteiger partial charge in [0.1, 0.15) is 17.3 Å². The average molecular weight is 891 g/mol. The van der Waals surface area contributed by atoms with Crippen molar-refractivity contribution < 1.29 is 4.74 Å². The van der Waals surface area contributed by atoms with E-state index in [1.807, 2.05) is 152 Å². The van der Waals surface area contributed by atoms with Gasteiger partial charge in [0.25, 0.3) is 0 Å². The van der Waals surface area contributed by atoms with E-state index < -0.39 is 0 Å². The minimum Gasteiger partial charge on any atom is -0.458 e. The zero-order valence-corrected chi connectivity index (χ0v) is 41.2. The minimum atomic E-state index is -0.123. The monoisotopic (exact) mass is 891 g/mol. The largest absolute Gasteiger partial charge is 0.458 e. The first-order valence-electron chi connectivity index (χ1n) is 23.4. The van der Waals surface area contributed by atoms with Crippen molar-refractivity contribution in [2.24, 2.45) is 17.8 Å². The molecule has 67 heavy (non-hydrogen) atoms. The average Bonchev–Trinajstić information content (AvgIpc) is 3.89. The third-order valence-corrected chi connectivity index (χ3v) is 10.8. The fourth-order valence-corrected chi connectivity index (χ4v) is 7.54. The Kier molecular flexibility index (Phi) is 21.2. The number of hydrogen-bond acceptors (Lipinski definition) is 5. The van der Waals surface area contributed by atoms with Crippen molar-refractivity contribution in [3.8, 4) is 11.6 Å². The van der Waals surface area contributed by atoms with Crippen molar-refractivity contribution in [1.29, 1.82) is 0 Å². The molecule has 1 aliphatic heterocycles. The van der Waals surface area contributed by atoms with Gasteiger partial charge in [0.05, 0.1) is 22.2 Å². The van der Waals surface area contributed by atoms with Gasteiger partial charge in [0.2, 0.25) is 0 Å². The molecule has 0 amide bonds. The number of benzene rings is 4. The molecule has 0 spiro atoms. The van der Waals surface area contributed by atoms with Crippen LogP contribution in [0, 0.1) is 0 Å². The van der Waals surface area contributed by atoms with Crippen LogP contribution in [-0.4, -0.2) is 31.9 Å². The van der Waals surface area contributed by atoms with Crippen molar-refractivity contribution in [2.75, 3.05) is 0 Å². The summed E-state index contributed by atoms with van der Waals surface area (Å²) in [5, 5.41) is 3.58. The van der Waals surface area contributed by atoms with E-state index in [9.17, 15) is 0 Å². The van der Waals surface area contributed by atoms with Gasteiger partial charge < -0.3 is 15.0 Å². The first kappa shape index (κ1) is 52.3. The van der Waals surface area contributed by atoms with Crippen molar-refractivity contribution >= 4 is 51.1 Å². The van der Waals surface area contributed by atoms with Crippen LogP contribution in [0.1, 0.15) is 90.2 Å². The predicted molar refractivity (Wildman–Crippen MR) is 292 cm³/mol. The van der Waals surface area contributed by atoms with Crippen LogP contribution in [0.15, 0.2) is 200 Å². The van der Waals surface area contributed by atoms with Crippen LogP contribution < -0.4 is 10.5 Å². The van der Waals surface area contributed by atoms with Crippen LogP contribution in [0.3, 0.4) is 0 Å². The second kappa shape index (κ2) is 27.2. The maximum Gasteiger partial charge on any atom is 0.161 e. The van der Waals surface area contributed by atoms with Gasteiger partial charge >= 0.3 is 0 Å². The SMILES string of the molecule is C/C=C\C.C=Cc1cn(C)c2c1ccc1c2c2ccccc2n1-c1ccnc(C2=C/CCc3ccccc3OC(=C)/C=C\2)n1.C=NC(=CC(N)/C=C\C)/C=C\C(C)c1ccccc1.CC.CC. The van der Waals surface area contributed by atoms with Crippen LogP contribution in [0.5, 0.6) is 5.75 Å². The second-order valence-electron chi connectivity index (χ2n) is 15.1. The summed E-state index contributed by atoms with van der Waals surface area (Å²) in [4.78, 5) is 13.8. The Morgan fingerprint density at radius 2 is 1.52 bits per heavy atom. The Bertz CT molecular complexity index is 2890. The number of rotatable bonds is 9. The van der Waals surface area contributed by atoms with Crippen molar-refractivity contribution in [1.82, 2.24) is 19.1 Å². The van der Waals surface area contributed by atoms with Gasteiger partial charge in [-0.2, -0.15) is 0 Å². The first-order valence-corrected chi connectivity index (χ1v) is 23.4. The Hall–Kier alpha value is -7.35. The molecule has 2 unspecified atom stereocenters. The highest BCUT2D eigenvalue weighted by Gasteiger charge is 2.19. The van der Waals surface area contributed by atoms with E-state index in [0.717, 1.165) is 57.8 Å². The summed E-state index contributed by atoms with van der Waals surface area (Å²) in [7, 11) is 2.10. The molecule has 8 rings (SSSR count). The molecule has 0 fully saturated rings. The third-order valence-electron chi connectivity index (χ3n) is 10.8. The molecule has 0 aliphatic carbocycles. The number of aryl methyl sites for hydroxylation is 2. The molecule has 0 bridgehead atoms. The van der Waals surface area contributed by atoms with Gasteiger partial charge in [0.15, 0.2) is 5.82 Å². The van der Waals surface area contributed by atoms with Crippen molar-refractivity contribution in [3.05, 3.63) is 217 Å². The highest BCUT2D eigenvalue weighted by atomic mass is 16.5. The number of hydrogen-bond donors (Lipinski definition) is 1. The number of ether oxygens (including phenoxy) is 1. The van der Waals surface area contributed by atoms with Crippen molar-refractivity contribution in [3.63, 3.8) is 0 Å². The quantitative estimate of drug-likeness (QED) is 0.0889. The Balaban J connectivity index is 0.000000305. The van der Waals surface area contributed by atoms with Crippen LogP contribution in [0.4, 0.5) is 0 Å². The minimum absolute atomic E-state index is 0.123. The topological polar surface area (TPSA) is 83.2 Å². The van der Waals surface area contributed by atoms with Crippen molar-refractivity contribution in [2.45, 2.75) is 80.2 Å². The van der Waals surface area contributed by atoms with E-state index in [0.29, 0.717) is 17.5 Å². The normalized spacial score (nSPS) is 14.7. The predicted octanol–water partition coefficient (Wildman–Crippen LogP) is 15.7. The molecule has 7 aromatic rings. The van der Waals surface area contributed by atoms with Crippen LogP contribution in [0.2, 0.25) is 0 Å². The molecule has 3 aromatic heterocycles. The molecule has 2 N–H and O–H groups in total. The number of aromatic nitrogens is 4. The van der Waals surface area contributed by atoms with E-state index in [1.54, 1.807) is 0 Å². The third kappa shape index (κ3) is 13.6. The summed E-state index contributed by atoms with van der Waals surface area (Å²) in [6.45, 7) is 27.8. The van der Waals surface area contributed by atoms with E-state index >= 15 is 0 Å². The Morgan fingerprint density at radius 1 is 0.821 bits per heavy atom. The molecule has 4 aromatic carbocycles. The smallest absolute Gasteiger partial charge is 0.161 e. The number of para-hydroxylation sites is 2. The number of fused-ring (bicyclic) bond motifs is 6. The molecule has 1 aliphatic rings. The number of allylic oxidation sites excluding steroid dienone is 9. The van der Waals surface area contributed by atoms with E-state index in [1.165, 1.54) is 27.2 Å². The number of nitrogens with zero attached hydrogens (tertiary/aromatic N) is 5. The maximum atomic E-state index is 6.03. The van der Waals surface area contributed by atoms with E-state index in [2.05, 4.69) is 126 Å². The molecule has 0 saturated carbocycles.